The smallest absolute Gasteiger partial charge is 0.204 e. The second-order valence-electron chi connectivity index (χ2n) is 5.76. The molecule has 16 heavy (non-hydrogen) atoms. The lowest BCUT2D eigenvalue weighted by molar-refractivity contribution is -1.10. The van der Waals surface area contributed by atoms with Gasteiger partial charge in [0.1, 0.15) is 0 Å². The Kier molecular flexibility index (Phi) is 3.43. The fourth-order valence-corrected chi connectivity index (χ4v) is 3.49. The van der Waals surface area contributed by atoms with Crippen LogP contribution in [0.25, 0.3) is 0 Å². The van der Waals surface area contributed by atoms with Gasteiger partial charge in [0, 0.05) is 32.6 Å². The van der Waals surface area contributed by atoms with E-state index in [1.165, 1.54) is 78.5 Å². The van der Waals surface area contributed by atoms with Crippen LogP contribution in [0, 0.1) is 0 Å². The predicted octanol–water partition coefficient (Wildman–Crippen LogP) is -2.90. The van der Waals surface area contributed by atoms with Crippen molar-refractivity contribution in [3.63, 3.8) is 0 Å². The number of hydrogen-bond acceptors (Lipinski definition) is 2. The highest BCUT2D eigenvalue weighted by molar-refractivity contribution is 4.68. The predicted molar refractivity (Wildman–Crippen MR) is 63.5 cm³/mol. The molecule has 3 saturated heterocycles. The summed E-state index contributed by atoms with van der Waals surface area (Å²) in [6.07, 6.45) is 2.81. The van der Waals surface area contributed by atoms with Gasteiger partial charge in [0.05, 0.1) is 32.8 Å². The molecule has 4 atom stereocenters. The average Bonchev–Trinajstić information content (AvgIpc) is 2.34. The summed E-state index contributed by atoms with van der Waals surface area (Å²) in [5.41, 5.74) is 0. The van der Waals surface area contributed by atoms with Crippen LogP contribution in [0.15, 0.2) is 0 Å². The van der Waals surface area contributed by atoms with Crippen molar-refractivity contribution >= 4 is 0 Å². The van der Waals surface area contributed by atoms with Gasteiger partial charge in [0.2, 0.25) is 6.67 Å². The third-order valence-electron chi connectivity index (χ3n) is 4.47. The summed E-state index contributed by atoms with van der Waals surface area (Å²) in [5, 5.41) is 0. The highest BCUT2D eigenvalue weighted by Crippen LogP contribution is 2.04. The minimum absolute atomic E-state index is 1.24. The summed E-state index contributed by atoms with van der Waals surface area (Å²) in [6.45, 7) is 13.5. The highest BCUT2D eigenvalue weighted by atomic mass is 15.4. The molecule has 4 bridgehead atoms. The van der Waals surface area contributed by atoms with E-state index in [-0.39, 0.29) is 0 Å². The molecule has 0 saturated carbocycles. The zero-order valence-corrected chi connectivity index (χ0v) is 10.4. The Morgan fingerprint density at radius 3 is 1.88 bits per heavy atom. The molecule has 3 fully saturated rings. The van der Waals surface area contributed by atoms with Crippen molar-refractivity contribution in [2.45, 2.75) is 12.8 Å². The molecule has 0 aromatic rings. The van der Waals surface area contributed by atoms with Gasteiger partial charge in [-0.3, -0.25) is 19.6 Å². The number of rotatable bonds is 0. The lowest BCUT2D eigenvalue weighted by Crippen LogP contribution is -3.34. The maximum atomic E-state index is 2.66. The molecule has 3 heterocycles. The van der Waals surface area contributed by atoms with Crippen molar-refractivity contribution in [3.8, 4) is 0 Å². The van der Waals surface area contributed by atoms with Crippen LogP contribution in [-0.4, -0.2) is 75.5 Å². The topological polar surface area (TPSA) is 15.4 Å². The van der Waals surface area contributed by atoms with Crippen molar-refractivity contribution in [3.05, 3.63) is 0 Å². The molecular formula is C12H26N4+2. The van der Waals surface area contributed by atoms with Crippen LogP contribution in [0.5, 0.6) is 0 Å². The number of fused-ring (bicyclic) bond motifs is 4. The molecule has 0 aromatic heterocycles. The molecule has 4 heteroatoms. The highest BCUT2D eigenvalue weighted by Gasteiger charge is 2.27. The molecule has 3 aliphatic heterocycles. The van der Waals surface area contributed by atoms with Crippen molar-refractivity contribution in [2.75, 3.05) is 65.7 Å². The van der Waals surface area contributed by atoms with E-state index in [2.05, 4.69) is 9.80 Å². The maximum absolute atomic E-state index is 2.66. The molecular weight excluding hydrogens is 200 g/mol. The molecule has 0 radical (unpaired) electrons. The van der Waals surface area contributed by atoms with Crippen molar-refractivity contribution < 1.29 is 9.80 Å². The van der Waals surface area contributed by atoms with E-state index in [0.29, 0.717) is 0 Å². The molecule has 0 aromatic carbocycles. The molecule has 3 aliphatic rings. The van der Waals surface area contributed by atoms with Crippen molar-refractivity contribution in [1.29, 1.82) is 0 Å². The first kappa shape index (κ1) is 11.0. The Hall–Kier alpha value is -0.160. The SMILES string of the molecule is C1CN2CC[NH+]3CCC[NH+](CCN(C1)C2)C3. The molecule has 0 amide bonds. The Bertz CT molecular complexity index is 189. The molecule has 92 valence electrons. The number of hydrogen-bond donors (Lipinski definition) is 2. The minimum Gasteiger partial charge on any atom is -0.287 e. The van der Waals surface area contributed by atoms with Crippen LogP contribution in [0.2, 0.25) is 0 Å². The lowest BCUT2D eigenvalue weighted by atomic mass is 10.2. The molecule has 0 spiro atoms. The largest absolute Gasteiger partial charge is 0.287 e. The quantitative estimate of drug-likeness (QED) is 0.461. The van der Waals surface area contributed by atoms with Gasteiger partial charge in [0.15, 0.2) is 0 Å². The van der Waals surface area contributed by atoms with Gasteiger partial charge in [-0.15, -0.1) is 0 Å². The first-order valence-corrected chi connectivity index (χ1v) is 7.02. The standard InChI is InChI=1S/C12H24N4/c1-3-13-7-9-15-5-2-6-16(12-15)10-8-14(4-1)11-13/h1-12H2/p+2. The summed E-state index contributed by atoms with van der Waals surface area (Å²) >= 11 is 0. The van der Waals surface area contributed by atoms with Crippen LogP contribution < -0.4 is 9.80 Å². The summed E-state index contributed by atoms with van der Waals surface area (Å²) in [6, 6.07) is 0. The van der Waals surface area contributed by atoms with Crippen LogP contribution in [0.1, 0.15) is 12.8 Å². The monoisotopic (exact) mass is 226 g/mol. The normalized spacial score (nSPS) is 45.0. The number of quaternary nitrogens is 2. The first-order chi connectivity index (χ1) is 7.90. The summed E-state index contributed by atoms with van der Waals surface area (Å²) in [4.78, 5) is 9.02. The van der Waals surface area contributed by atoms with Gasteiger partial charge < -0.3 is 0 Å². The van der Waals surface area contributed by atoms with Gasteiger partial charge >= 0.3 is 0 Å². The summed E-state index contributed by atoms with van der Waals surface area (Å²) < 4.78 is 0. The lowest BCUT2D eigenvalue weighted by Gasteiger charge is -2.39. The average molecular weight is 226 g/mol. The van der Waals surface area contributed by atoms with Gasteiger partial charge in [-0.25, -0.2) is 0 Å². The van der Waals surface area contributed by atoms with Gasteiger partial charge in [0.25, 0.3) is 0 Å². The molecule has 3 rings (SSSR count). The van der Waals surface area contributed by atoms with Gasteiger partial charge in [-0.05, 0) is 6.42 Å². The minimum atomic E-state index is 1.24. The Labute approximate surface area is 98.8 Å². The number of nitrogens with one attached hydrogen (secondary N) is 2. The molecule has 4 nitrogen and oxygen atoms in total. The second-order valence-corrected chi connectivity index (χ2v) is 5.76. The van der Waals surface area contributed by atoms with E-state index >= 15 is 0 Å². The van der Waals surface area contributed by atoms with Crippen LogP contribution in [0.4, 0.5) is 0 Å². The third-order valence-corrected chi connectivity index (χ3v) is 4.47. The molecule has 2 N–H and O–H groups in total. The Morgan fingerprint density at radius 2 is 1.25 bits per heavy atom. The van der Waals surface area contributed by atoms with E-state index in [9.17, 15) is 0 Å². The van der Waals surface area contributed by atoms with Crippen molar-refractivity contribution in [1.82, 2.24) is 9.80 Å². The molecule has 4 unspecified atom stereocenters. The first-order valence-electron chi connectivity index (χ1n) is 7.02. The fraction of sp³-hybridized carbons (Fsp3) is 1.00. The van der Waals surface area contributed by atoms with Crippen molar-refractivity contribution in [2.24, 2.45) is 0 Å². The van der Waals surface area contributed by atoms with E-state index in [1.54, 1.807) is 0 Å². The summed E-state index contributed by atoms with van der Waals surface area (Å²) in [7, 11) is 0. The Balaban J connectivity index is 1.64. The fourth-order valence-electron chi connectivity index (χ4n) is 3.49. The van der Waals surface area contributed by atoms with E-state index in [1.807, 2.05) is 9.80 Å². The second kappa shape index (κ2) is 5.00. The van der Waals surface area contributed by atoms with Crippen LogP contribution in [0.3, 0.4) is 0 Å². The van der Waals surface area contributed by atoms with E-state index < -0.39 is 0 Å². The van der Waals surface area contributed by atoms with E-state index in [4.69, 9.17) is 0 Å². The van der Waals surface area contributed by atoms with Gasteiger partial charge in [-0.1, -0.05) is 0 Å². The van der Waals surface area contributed by atoms with Gasteiger partial charge in [-0.2, -0.15) is 0 Å². The van der Waals surface area contributed by atoms with Crippen LogP contribution in [-0.2, 0) is 0 Å². The zero-order chi connectivity index (χ0) is 10.8. The van der Waals surface area contributed by atoms with Crippen LogP contribution >= 0.6 is 0 Å². The third kappa shape index (κ3) is 2.56. The zero-order valence-electron chi connectivity index (χ0n) is 10.4. The maximum Gasteiger partial charge on any atom is 0.204 e. The van der Waals surface area contributed by atoms with E-state index in [0.717, 1.165) is 0 Å². The Morgan fingerprint density at radius 1 is 0.625 bits per heavy atom. The summed E-state index contributed by atoms with van der Waals surface area (Å²) in [5.74, 6) is 0. The number of nitrogens with zero attached hydrogens (tertiary/aromatic N) is 2. The molecule has 0 aliphatic carbocycles.